The average molecular weight is 246 g/mol. The number of halogens is 1. The number of fused-ring (bicyclic) bond motifs is 1. The van der Waals surface area contributed by atoms with Crippen LogP contribution in [0.25, 0.3) is 11.0 Å². The highest BCUT2D eigenvalue weighted by Gasteiger charge is 2.24. The Kier molecular flexibility index (Phi) is 2.53. The molecule has 2 aromatic rings. The lowest BCUT2D eigenvalue weighted by Gasteiger charge is -2.05. The van der Waals surface area contributed by atoms with Crippen molar-refractivity contribution >= 4 is 22.6 Å². The van der Waals surface area contributed by atoms with Gasteiger partial charge in [0.05, 0.1) is 17.0 Å². The van der Waals surface area contributed by atoms with Crippen LogP contribution in [0.3, 0.4) is 0 Å². The van der Waals surface area contributed by atoms with Gasteiger partial charge in [0.1, 0.15) is 17.4 Å². The van der Waals surface area contributed by atoms with Crippen LogP contribution in [-0.2, 0) is 12.4 Å². The van der Waals surface area contributed by atoms with Crippen molar-refractivity contribution in [2.45, 2.75) is 25.3 Å². The van der Waals surface area contributed by atoms with Gasteiger partial charge in [0.25, 0.3) is 0 Å². The van der Waals surface area contributed by atoms with Crippen LogP contribution in [0.15, 0.2) is 18.2 Å². The van der Waals surface area contributed by atoms with E-state index in [0.29, 0.717) is 11.4 Å². The van der Waals surface area contributed by atoms with Gasteiger partial charge in [-0.3, -0.25) is 0 Å². The molecule has 0 unspecified atom stereocenters. The summed E-state index contributed by atoms with van der Waals surface area (Å²) in [5.74, 6) is 2.03. The van der Waals surface area contributed by atoms with Crippen molar-refractivity contribution in [2.24, 2.45) is 5.92 Å². The Balaban J connectivity index is 2.20. The van der Waals surface area contributed by atoms with E-state index in [1.807, 2.05) is 12.1 Å². The first-order valence-corrected chi connectivity index (χ1v) is 6.31. The first kappa shape index (κ1) is 10.6. The van der Waals surface area contributed by atoms with Gasteiger partial charge in [0, 0.05) is 6.54 Å². The molecule has 0 N–H and O–H groups in total. The minimum atomic E-state index is 0.395. The predicted molar refractivity (Wildman–Crippen MR) is 66.7 cm³/mol. The van der Waals surface area contributed by atoms with Crippen LogP contribution in [0.4, 0.5) is 0 Å². The Bertz CT molecular complexity index is 605. The van der Waals surface area contributed by atoms with Crippen molar-refractivity contribution in [1.82, 2.24) is 9.55 Å². The lowest BCUT2D eigenvalue weighted by molar-refractivity contribution is 0.623. The van der Waals surface area contributed by atoms with Crippen molar-refractivity contribution in [2.75, 3.05) is 0 Å². The third-order valence-electron chi connectivity index (χ3n) is 3.24. The van der Waals surface area contributed by atoms with Crippen LogP contribution in [0.1, 0.15) is 24.2 Å². The molecule has 1 aromatic carbocycles. The zero-order chi connectivity index (χ0) is 11.8. The first-order valence-electron chi connectivity index (χ1n) is 5.77. The molecule has 1 aliphatic carbocycles. The zero-order valence-corrected chi connectivity index (χ0v) is 10.1. The molecule has 4 heteroatoms. The Hall–Kier alpha value is -1.53. The number of hydrogen-bond donors (Lipinski definition) is 0. The maximum atomic E-state index is 9.07. The summed E-state index contributed by atoms with van der Waals surface area (Å²) in [5, 5.41) is 9.07. The Labute approximate surface area is 105 Å². The number of alkyl halides is 1. The van der Waals surface area contributed by atoms with E-state index in [1.165, 1.54) is 12.8 Å². The second kappa shape index (κ2) is 4.05. The summed E-state index contributed by atoms with van der Waals surface area (Å²) in [4.78, 5) is 4.49. The lowest BCUT2D eigenvalue weighted by Crippen LogP contribution is -2.03. The summed E-state index contributed by atoms with van der Waals surface area (Å²) in [6, 6.07) is 7.91. The van der Waals surface area contributed by atoms with Gasteiger partial charge >= 0.3 is 0 Å². The highest BCUT2D eigenvalue weighted by atomic mass is 35.5. The number of hydrogen-bond acceptors (Lipinski definition) is 2. The second-order valence-electron chi connectivity index (χ2n) is 4.50. The van der Waals surface area contributed by atoms with Crippen molar-refractivity contribution in [3.8, 4) is 6.07 Å². The smallest absolute Gasteiger partial charge is 0.124 e. The molecule has 1 aromatic heterocycles. The topological polar surface area (TPSA) is 41.6 Å². The summed E-state index contributed by atoms with van der Waals surface area (Å²) in [5.41, 5.74) is 2.45. The number of benzene rings is 1. The van der Waals surface area contributed by atoms with Gasteiger partial charge in [0.2, 0.25) is 0 Å². The van der Waals surface area contributed by atoms with Gasteiger partial charge in [-0.05, 0) is 30.9 Å². The highest BCUT2D eigenvalue weighted by Crippen LogP contribution is 2.33. The molecule has 0 saturated heterocycles. The third kappa shape index (κ3) is 1.79. The monoisotopic (exact) mass is 245 g/mol. The fourth-order valence-electron chi connectivity index (χ4n) is 2.15. The molecule has 0 bridgehead atoms. The fourth-order valence-corrected chi connectivity index (χ4v) is 2.35. The number of aromatic nitrogens is 2. The maximum Gasteiger partial charge on any atom is 0.124 e. The van der Waals surface area contributed by atoms with E-state index in [9.17, 15) is 0 Å². The number of rotatable bonds is 3. The Morgan fingerprint density at radius 2 is 2.29 bits per heavy atom. The molecular weight excluding hydrogens is 234 g/mol. The van der Waals surface area contributed by atoms with E-state index in [0.717, 1.165) is 29.3 Å². The molecule has 0 radical (unpaired) electrons. The SMILES string of the molecule is N#Cc1cccc2c1nc(CCl)n2CC1CC1. The average Bonchev–Trinajstić information content (AvgIpc) is 3.10. The molecule has 17 heavy (non-hydrogen) atoms. The molecule has 1 fully saturated rings. The van der Waals surface area contributed by atoms with E-state index < -0.39 is 0 Å². The summed E-state index contributed by atoms with van der Waals surface area (Å²) >= 11 is 5.94. The van der Waals surface area contributed by atoms with Crippen LogP contribution in [0.5, 0.6) is 0 Å². The zero-order valence-electron chi connectivity index (χ0n) is 9.36. The van der Waals surface area contributed by atoms with Crippen molar-refractivity contribution < 1.29 is 0 Å². The predicted octanol–water partition coefficient (Wildman–Crippen LogP) is 3.06. The molecule has 0 atom stereocenters. The quantitative estimate of drug-likeness (QED) is 0.780. The molecule has 86 valence electrons. The van der Waals surface area contributed by atoms with E-state index in [4.69, 9.17) is 16.9 Å². The summed E-state index contributed by atoms with van der Waals surface area (Å²) in [6.07, 6.45) is 2.58. The third-order valence-corrected chi connectivity index (χ3v) is 3.47. The van der Waals surface area contributed by atoms with E-state index in [1.54, 1.807) is 6.07 Å². The molecule has 3 rings (SSSR count). The highest BCUT2D eigenvalue weighted by molar-refractivity contribution is 6.16. The van der Waals surface area contributed by atoms with Crippen molar-refractivity contribution in [3.05, 3.63) is 29.6 Å². The number of nitriles is 1. The summed E-state index contributed by atoms with van der Waals surface area (Å²) < 4.78 is 2.17. The first-order chi connectivity index (χ1) is 8.33. The maximum absolute atomic E-state index is 9.07. The molecule has 3 nitrogen and oxygen atoms in total. The van der Waals surface area contributed by atoms with Crippen molar-refractivity contribution in [1.29, 1.82) is 5.26 Å². The van der Waals surface area contributed by atoms with Gasteiger partial charge < -0.3 is 4.57 Å². The minimum absolute atomic E-state index is 0.395. The van der Waals surface area contributed by atoms with Gasteiger partial charge in [-0.1, -0.05) is 6.07 Å². The Morgan fingerprint density at radius 3 is 2.94 bits per heavy atom. The van der Waals surface area contributed by atoms with Gasteiger partial charge in [-0.15, -0.1) is 11.6 Å². The van der Waals surface area contributed by atoms with Crippen LogP contribution >= 0.6 is 11.6 Å². The molecule has 0 amide bonds. The van der Waals surface area contributed by atoms with Crippen LogP contribution < -0.4 is 0 Å². The van der Waals surface area contributed by atoms with E-state index in [2.05, 4.69) is 15.6 Å². The van der Waals surface area contributed by atoms with Crippen molar-refractivity contribution in [3.63, 3.8) is 0 Å². The molecular formula is C13H12ClN3. The second-order valence-corrected chi connectivity index (χ2v) is 4.77. The Morgan fingerprint density at radius 1 is 1.47 bits per heavy atom. The largest absolute Gasteiger partial charge is 0.327 e. The summed E-state index contributed by atoms with van der Waals surface area (Å²) in [6.45, 7) is 0.980. The van der Waals surface area contributed by atoms with E-state index in [-0.39, 0.29) is 0 Å². The minimum Gasteiger partial charge on any atom is -0.327 e. The standard InChI is InChI=1S/C13H12ClN3/c14-6-12-16-13-10(7-15)2-1-3-11(13)17(12)8-9-4-5-9/h1-3,9H,4-6,8H2. The summed E-state index contributed by atoms with van der Waals surface area (Å²) in [7, 11) is 0. The fraction of sp³-hybridized carbons (Fsp3) is 0.385. The molecule has 1 heterocycles. The van der Waals surface area contributed by atoms with Gasteiger partial charge in [-0.2, -0.15) is 5.26 Å². The van der Waals surface area contributed by atoms with Gasteiger partial charge in [0.15, 0.2) is 0 Å². The van der Waals surface area contributed by atoms with E-state index >= 15 is 0 Å². The molecule has 0 aliphatic heterocycles. The van der Waals surface area contributed by atoms with Crippen LogP contribution in [0, 0.1) is 17.2 Å². The normalized spacial score (nSPS) is 15.1. The van der Waals surface area contributed by atoms with Gasteiger partial charge in [-0.25, -0.2) is 4.98 Å². The molecule has 1 saturated carbocycles. The van der Waals surface area contributed by atoms with Crippen LogP contribution in [-0.4, -0.2) is 9.55 Å². The number of nitrogens with zero attached hydrogens (tertiary/aromatic N) is 3. The molecule has 1 aliphatic rings. The van der Waals surface area contributed by atoms with Crippen LogP contribution in [0.2, 0.25) is 0 Å². The number of imidazole rings is 1. The lowest BCUT2D eigenvalue weighted by atomic mass is 10.2. The number of para-hydroxylation sites is 1. The molecule has 0 spiro atoms.